The molecule has 1 aliphatic rings. The number of hydrogen-bond donors (Lipinski definition) is 1. The number of carbonyl (C=O) groups excluding carboxylic acids is 1. The summed E-state index contributed by atoms with van der Waals surface area (Å²) in [6.07, 6.45) is 0.0484. The topological polar surface area (TPSA) is 84.9 Å². The number of aryl methyl sites for hydroxylation is 2. The summed E-state index contributed by atoms with van der Waals surface area (Å²) in [7, 11) is 0. The highest BCUT2D eigenvalue weighted by molar-refractivity contribution is 5.99. The van der Waals surface area contributed by atoms with Crippen LogP contribution in [0.5, 0.6) is 0 Å². The molecule has 0 amide bonds. The van der Waals surface area contributed by atoms with Crippen molar-refractivity contribution in [3.8, 4) is 12.1 Å². The molecule has 0 unspecified atom stereocenters. The van der Waals surface area contributed by atoms with E-state index in [2.05, 4.69) is 12.1 Å². The minimum Gasteiger partial charge on any atom is -0.384 e. The van der Waals surface area contributed by atoms with Gasteiger partial charge >= 0.3 is 0 Å². The molecule has 0 saturated heterocycles. The first kappa shape index (κ1) is 26.1. The van der Waals surface area contributed by atoms with Crippen LogP contribution in [-0.2, 0) is 5.60 Å². The fourth-order valence-electron chi connectivity index (χ4n) is 6.26. The second kappa shape index (κ2) is 10.3. The second-order valence-corrected chi connectivity index (χ2v) is 10.6. The number of rotatable bonds is 5. The molecule has 0 aliphatic heterocycles. The standard InChI is InChI=1S/C35H30N2O2/c1-24-13-17-26(18-14-24)30-21-35(39,29-11-7-4-8-12-29)32(33(38)28-9-5-3-6-10-28)31(34(30,22-36)23-37)27-19-15-25(2)16-20-27/h3-20,30-32,39H,21H2,1-2H3/t30-,31+,32-,35-/m0/s1. The number of hydrogen-bond acceptors (Lipinski definition) is 4. The van der Waals surface area contributed by atoms with Crippen molar-refractivity contribution in [3.05, 3.63) is 143 Å². The highest BCUT2D eigenvalue weighted by Crippen LogP contribution is 2.63. The van der Waals surface area contributed by atoms with Crippen LogP contribution in [0.2, 0.25) is 0 Å². The predicted octanol–water partition coefficient (Wildman–Crippen LogP) is 7.00. The molecule has 4 aromatic rings. The van der Waals surface area contributed by atoms with E-state index < -0.39 is 28.8 Å². The van der Waals surface area contributed by atoms with E-state index in [9.17, 15) is 20.4 Å². The summed E-state index contributed by atoms with van der Waals surface area (Å²) in [5.74, 6) is -2.91. The lowest BCUT2D eigenvalue weighted by Gasteiger charge is -2.53. The van der Waals surface area contributed by atoms with Gasteiger partial charge in [0.15, 0.2) is 11.2 Å². The third-order valence-electron chi connectivity index (χ3n) is 8.30. The van der Waals surface area contributed by atoms with Gasteiger partial charge < -0.3 is 5.11 Å². The Hall–Kier alpha value is -4.51. The van der Waals surface area contributed by atoms with Gasteiger partial charge in [-0.3, -0.25) is 4.79 Å². The number of ketones is 1. The molecule has 192 valence electrons. The molecule has 1 fully saturated rings. The van der Waals surface area contributed by atoms with Gasteiger partial charge in [0.2, 0.25) is 0 Å². The van der Waals surface area contributed by atoms with Crippen molar-refractivity contribution in [2.45, 2.75) is 37.7 Å². The van der Waals surface area contributed by atoms with Gasteiger partial charge in [0, 0.05) is 17.4 Å². The summed E-state index contributed by atoms with van der Waals surface area (Å²) in [5, 5.41) is 34.5. The number of carbonyl (C=O) groups is 1. The van der Waals surface area contributed by atoms with E-state index in [0.717, 1.165) is 16.7 Å². The highest BCUT2D eigenvalue weighted by atomic mass is 16.3. The molecule has 4 aromatic carbocycles. The Bertz CT molecular complexity index is 1530. The van der Waals surface area contributed by atoms with E-state index in [1.54, 1.807) is 24.3 Å². The molecule has 4 heteroatoms. The first-order chi connectivity index (χ1) is 18.8. The van der Waals surface area contributed by atoms with E-state index >= 15 is 0 Å². The molecule has 4 atom stereocenters. The Labute approximate surface area is 229 Å². The van der Waals surface area contributed by atoms with E-state index in [1.807, 2.05) is 98.8 Å². The van der Waals surface area contributed by atoms with Crippen molar-refractivity contribution in [1.82, 2.24) is 0 Å². The normalized spacial score (nSPS) is 23.8. The molecular weight excluding hydrogens is 480 g/mol. The third kappa shape index (κ3) is 4.44. The van der Waals surface area contributed by atoms with Gasteiger partial charge in [0.25, 0.3) is 0 Å². The van der Waals surface area contributed by atoms with E-state index in [4.69, 9.17) is 0 Å². The maximum atomic E-state index is 14.5. The van der Waals surface area contributed by atoms with Crippen LogP contribution in [0.25, 0.3) is 0 Å². The maximum absolute atomic E-state index is 14.5. The zero-order valence-electron chi connectivity index (χ0n) is 22.1. The van der Waals surface area contributed by atoms with Crippen molar-refractivity contribution >= 4 is 5.78 Å². The van der Waals surface area contributed by atoms with Crippen molar-refractivity contribution in [2.75, 3.05) is 0 Å². The zero-order valence-corrected chi connectivity index (χ0v) is 22.1. The average molecular weight is 511 g/mol. The minimum atomic E-state index is -1.64. The molecule has 4 nitrogen and oxygen atoms in total. The van der Waals surface area contributed by atoms with Gasteiger partial charge in [-0.25, -0.2) is 0 Å². The Morgan fingerprint density at radius 1 is 0.744 bits per heavy atom. The first-order valence-electron chi connectivity index (χ1n) is 13.2. The van der Waals surface area contributed by atoms with Crippen LogP contribution in [0.4, 0.5) is 0 Å². The van der Waals surface area contributed by atoms with Crippen LogP contribution < -0.4 is 0 Å². The molecule has 0 heterocycles. The molecule has 0 radical (unpaired) electrons. The summed E-state index contributed by atoms with van der Waals surface area (Å²) in [6.45, 7) is 3.95. The Balaban J connectivity index is 1.85. The van der Waals surface area contributed by atoms with Gasteiger partial charge in [-0.1, -0.05) is 120 Å². The van der Waals surface area contributed by atoms with Crippen LogP contribution in [0.15, 0.2) is 109 Å². The van der Waals surface area contributed by atoms with Crippen LogP contribution in [0.1, 0.15) is 56.4 Å². The number of benzene rings is 4. The minimum absolute atomic E-state index is 0.0484. The number of nitriles is 2. The lowest BCUT2D eigenvalue weighted by atomic mass is 9.48. The van der Waals surface area contributed by atoms with Crippen LogP contribution in [0.3, 0.4) is 0 Å². The van der Waals surface area contributed by atoms with Gasteiger partial charge in [-0.15, -0.1) is 0 Å². The SMILES string of the molecule is Cc1ccc([C@@H]2[C@@H](C(=O)c3ccccc3)[C@@](O)(c3ccccc3)C[C@@H](c3ccc(C)cc3)C2(C#N)C#N)cc1. The van der Waals surface area contributed by atoms with Crippen LogP contribution in [-0.4, -0.2) is 10.9 Å². The fourth-order valence-corrected chi connectivity index (χ4v) is 6.26. The number of Topliss-reactive ketones (excluding diaryl/α,β-unsaturated/α-hetero) is 1. The van der Waals surface area contributed by atoms with E-state index in [-0.39, 0.29) is 12.2 Å². The lowest BCUT2D eigenvalue weighted by Crippen LogP contribution is -2.55. The molecule has 0 aromatic heterocycles. The smallest absolute Gasteiger partial charge is 0.169 e. The molecule has 0 bridgehead atoms. The average Bonchev–Trinajstić information content (AvgIpc) is 2.98. The van der Waals surface area contributed by atoms with Crippen molar-refractivity contribution in [1.29, 1.82) is 10.5 Å². The molecular formula is C35H30N2O2. The lowest BCUT2D eigenvalue weighted by molar-refractivity contribution is -0.0783. The Kier molecular flexibility index (Phi) is 6.92. The second-order valence-electron chi connectivity index (χ2n) is 10.6. The zero-order chi connectivity index (χ0) is 27.6. The van der Waals surface area contributed by atoms with Gasteiger partial charge in [0.1, 0.15) is 5.60 Å². The van der Waals surface area contributed by atoms with E-state index in [0.29, 0.717) is 16.7 Å². The molecule has 0 spiro atoms. The van der Waals surface area contributed by atoms with Crippen molar-refractivity contribution < 1.29 is 9.90 Å². The molecule has 1 N–H and O–H groups in total. The Morgan fingerprint density at radius 3 is 1.74 bits per heavy atom. The summed E-state index contributed by atoms with van der Waals surface area (Å²) < 4.78 is 0. The largest absolute Gasteiger partial charge is 0.384 e. The third-order valence-corrected chi connectivity index (χ3v) is 8.30. The molecule has 1 saturated carbocycles. The molecule has 5 rings (SSSR count). The van der Waals surface area contributed by atoms with Gasteiger partial charge in [-0.05, 0) is 37.0 Å². The first-order valence-corrected chi connectivity index (χ1v) is 13.2. The monoisotopic (exact) mass is 510 g/mol. The number of nitrogens with zero attached hydrogens (tertiary/aromatic N) is 2. The summed E-state index contributed by atoms with van der Waals surface area (Å²) in [6, 6.07) is 38.3. The summed E-state index contributed by atoms with van der Waals surface area (Å²) in [4.78, 5) is 14.5. The predicted molar refractivity (Wildman–Crippen MR) is 151 cm³/mol. The summed E-state index contributed by atoms with van der Waals surface area (Å²) >= 11 is 0. The van der Waals surface area contributed by atoms with Crippen molar-refractivity contribution in [3.63, 3.8) is 0 Å². The van der Waals surface area contributed by atoms with Crippen LogP contribution in [0, 0.1) is 47.8 Å². The molecule has 39 heavy (non-hydrogen) atoms. The van der Waals surface area contributed by atoms with E-state index in [1.165, 1.54) is 0 Å². The molecule has 1 aliphatic carbocycles. The highest BCUT2D eigenvalue weighted by Gasteiger charge is 2.64. The van der Waals surface area contributed by atoms with Gasteiger partial charge in [-0.2, -0.15) is 10.5 Å². The Morgan fingerprint density at radius 2 is 1.23 bits per heavy atom. The number of aliphatic hydroxyl groups is 1. The van der Waals surface area contributed by atoms with Crippen molar-refractivity contribution in [2.24, 2.45) is 11.3 Å². The van der Waals surface area contributed by atoms with Gasteiger partial charge in [0.05, 0.1) is 18.1 Å². The maximum Gasteiger partial charge on any atom is 0.169 e. The quantitative estimate of drug-likeness (QED) is 0.293. The fraction of sp³-hybridized carbons (Fsp3) is 0.229. The summed E-state index contributed by atoms with van der Waals surface area (Å²) in [5.41, 5.74) is 1.33. The van der Waals surface area contributed by atoms with Crippen LogP contribution >= 0.6 is 0 Å².